The van der Waals surface area contributed by atoms with Crippen LogP contribution in [-0.2, 0) is 10.0 Å². The molecule has 1 atom stereocenters. The molecule has 1 fully saturated rings. The summed E-state index contributed by atoms with van der Waals surface area (Å²) in [5.41, 5.74) is 0. The van der Waals surface area contributed by atoms with Crippen molar-refractivity contribution in [2.24, 2.45) is 11.8 Å². The fraction of sp³-hybridized carbons (Fsp3) is 0.500. The van der Waals surface area contributed by atoms with Crippen LogP contribution >= 0.6 is 15.9 Å². The van der Waals surface area contributed by atoms with E-state index in [1.165, 1.54) is 18.9 Å². The number of halogens is 2. The zero-order chi connectivity index (χ0) is 13.3. The molecule has 1 aliphatic carbocycles. The molecule has 1 aromatic carbocycles. The lowest BCUT2D eigenvalue weighted by molar-refractivity contribution is 0.491. The van der Waals surface area contributed by atoms with Crippen LogP contribution in [0.2, 0.25) is 0 Å². The third-order valence-corrected chi connectivity index (χ3v) is 5.61. The summed E-state index contributed by atoms with van der Waals surface area (Å²) < 4.78 is 39.8. The van der Waals surface area contributed by atoms with Gasteiger partial charge in [0.2, 0.25) is 10.0 Å². The lowest BCUT2D eigenvalue weighted by Crippen LogP contribution is -2.29. The molecular formula is C12H15BrFNO2S. The Morgan fingerprint density at radius 3 is 2.72 bits per heavy atom. The largest absolute Gasteiger partial charge is 0.241 e. The van der Waals surface area contributed by atoms with E-state index in [0.717, 1.165) is 12.1 Å². The van der Waals surface area contributed by atoms with Crippen molar-refractivity contribution in [3.8, 4) is 0 Å². The Morgan fingerprint density at radius 1 is 1.50 bits per heavy atom. The zero-order valence-electron chi connectivity index (χ0n) is 9.99. The standard InChI is InChI=1S/C12H15BrFNO2S/c1-8(9-2-3-9)7-15-18(16,17)12-5-4-10(14)6-11(12)13/h4-6,8-9,15H,2-3,7H2,1H3. The Morgan fingerprint density at radius 2 is 2.17 bits per heavy atom. The van der Waals surface area contributed by atoms with E-state index in [0.29, 0.717) is 18.4 Å². The van der Waals surface area contributed by atoms with Gasteiger partial charge >= 0.3 is 0 Å². The summed E-state index contributed by atoms with van der Waals surface area (Å²) in [4.78, 5) is 0.0758. The van der Waals surface area contributed by atoms with Crippen LogP contribution in [-0.4, -0.2) is 15.0 Å². The summed E-state index contributed by atoms with van der Waals surface area (Å²) in [5.74, 6) is 0.524. The molecule has 0 heterocycles. The highest BCUT2D eigenvalue weighted by Crippen LogP contribution is 2.36. The molecule has 0 radical (unpaired) electrons. The number of benzene rings is 1. The summed E-state index contributed by atoms with van der Waals surface area (Å²) in [5, 5.41) is 0. The molecule has 2 rings (SSSR count). The topological polar surface area (TPSA) is 46.2 Å². The van der Waals surface area contributed by atoms with Gasteiger partial charge in [0.1, 0.15) is 5.82 Å². The van der Waals surface area contributed by atoms with Gasteiger partial charge in [0.25, 0.3) is 0 Å². The molecule has 0 bridgehead atoms. The van der Waals surface area contributed by atoms with Crippen molar-refractivity contribution >= 4 is 26.0 Å². The Hall–Kier alpha value is -0.460. The number of hydrogen-bond acceptors (Lipinski definition) is 2. The van der Waals surface area contributed by atoms with Crippen LogP contribution in [0.4, 0.5) is 4.39 Å². The maximum Gasteiger partial charge on any atom is 0.241 e. The maximum atomic E-state index is 12.9. The van der Waals surface area contributed by atoms with Gasteiger partial charge in [0, 0.05) is 11.0 Å². The van der Waals surface area contributed by atoms with Crippen molar-refractivity contribution in [3.05, 3.63) is 28.5 Å². The van der Waals surface area contributed by atoms with Crippen molar-refractivity contribution in [2.75, 3.05) is 6.54 Å². The third-order valence-electron chi connectivity index (χ3n) is 3.21. The molecule has 0 spiro atoms. The van der Waals surface area contributed by atoms with Crippen molar-refractivity contribution < 1.29 is 12.8 Å². The van der Waals surface area contributed by atoms with Gasteiger partial charge in [0.05, 0.1) is 4.90 Å². The molecule has 6 heteroatoms. The molecule has 0 aliphatic heterocycles. The first kappa shape index (κ1) is 14.0. The summed E-state index contributed by atoms with van der Waals surface area (Å²) in [6, 6.07) is 3.56. The molecule has 0 aromatic heterocycles. The Labute approximate surface area is 115 Å². The predicted octanol–water partition coefficient (Wildman–Crippen LogP) is 2.91. The second-order valence-corrected chi connectivity index (χ2v) is 7.33. The minimum atomic E-state index is -3.57. The first-order valence-corrected chi connectivity index (χ1v) is 8.12. The van der Waals surface area contributed by atoms with E-state index in [1.807, 2.05) is 6.92 Å². The van der Waals surface area contributed by atoms with Gasteiger partial charge in [-0.2, -0.15) is 0 Å². The molecular weight excluding hydrogens is 321 g/mol. The number of rotatable bonds is 5. The van der Waals surface area contributed by atoms with Gasteiger partial charge in [-0.15, -0.1) is 0 Å². The van der Waals surface area contributed by atoms with Crippen molar-refractivity contribution in [2.45, 2.75) is 24.7 Å². The van der Waals surface area contributed by atoms with Crippen LogP contribution in [0, 0.1) is 17.7 Å². The zero-order valence-corrected chi connectivity index (χ0v) is 12.4. The van der Waals surface area contributed by atoms with E-state index in [-0.39, 0.29) is 9.37 Å². The average Bonchev–Trinajstić information content (AvgIpc) is 3.09. The maximum absolute atomic E-state index is 12.9. The van der Waals surface area contributed by atoms with Crippen LogP contribution in [0.25, 0.3) is 0 Å². The first-order valence-electron chi connectivity index (χ1n) is 5.85. The fourth-order valence-electron chi connectivity index (χ4n) is 1.84. The summed E-state index contributed by atoms with van der Waals surface area (Å²) in [6.45, 7) is 2.47. The van der Waals surface area contributed by atoms with Gasteiger partial charge in [-0.3, -0.25) is 0 Å². The smallest absolute Gasteiger partial charge is 0.211 e. The normalized spacial score (nSPS) is 17.7. The minimum absolute atomic E-state index is 0.0758. The van der Waals surface area contributed by atoms with Gasteiger partial charge in [0.15, 0.2) is 0 Å². The van der Waals surface area contributed by atoms with Crippen molar-refractivity contribution in [3.63, 3.8) is 0 Å². The number of nitrogens with one attached hydrogen (secondary N) is 1. The second-order valence-electron chi connectivity index (χ2n) is 4.74. The van der Waals surface area contributed by atoms with Crippen LogP contribution in [0.5, 0.6) is 0 Å². The highest BCUT2D eigenvalue weighted by molar-refractivity contribution is 9.10. The van der Waals surface area contributed by atoms with Crippen LogP contribution in [0.1, 0.15) is 19.8 Å². The average molecular weight is 336 g/mol. The molecule has 0 amide bonds. The van der Waals surface area contributed by atoms with E-state index < -0.39 is 15.8 Å². The molecule has 1 aliphatic rings. The van der Waals surface area contributed by atoms with E-state index >= 15 is 0 Å². The summed E-state index contributed by atoms with van der Waals surface area (Å²) >= 11 is 3.07. The van der Waals surface area contributed by atoms with Crippen LogP contribution in [0.15, 0.2) is 27.6 Å². The molecule has 0 saturated heterocycles. The SMILES string of the molecule is CC(CNS(=O)(=O)c1ccc(F)cc1Br)C1CC1. The molecule has 1 unspecified atom stereocenters. The molecule has 18 heavy (non-hydrogen) atoms. The molecule has 3 nitrogen and oxygen atoms in total. The third kappa shape index (κ3) is 3.30. The van der Waals surface area contributed by atoms with Crippen molar-refractivity contribution in [1.82, 2.24) is 4.72 Å². The van der Waals surface area contributed by atoms with Gasteiger partial charge in [-0.1, -0.05) is 6.92 Å². The van der Waals surface area contributed by atoms with Crippen LogP contribution in [0.3, 0.4) is 0 Å². The fourth-order valence-corrected chi connectivity index (χ4v) is 4.03. The van der Waals surface area contributed by atoms with Crippen molar-refractivity contribution in [1.29, 1.82) is 0 Å². The van der Waals surface area contributed by atoms with Gasteiger partial charge in [-0.25, -0.2) is 17.5 Å². The Kier molecular flexibility index (Phi) is 4.08. The lowest BCUT2D eigenvalue weighted by Gasteiger charge is -2.12. The molecule has 1 saturated carbocycles. The Balaban J connectivity index is 2.09. The minimum Gasteiger partial charge on any atom is -0.211 e. The van der Waals surface area contributed by atoms with E-state index in [4.69, 9.17) is 0 Å². The van der Waals surface area contributed by atoms with Gasteiger partial charge in [-0.05, 0) is 58.8 Å². The highest BCUT2D eigenvalue weighted by atomic mass is 79.9. The number of sulfonamides is 1. The summed E-state index contributed by atoms with van der Waals surface area (Å²) in [7, 11) is -3.57. The van der Waals surface area contributed by atoms with Gasteiger partial charge < -0.3 is 0 Å². The quantitative estimate of drug-likeness (QED) is 0.899. The predicted molar refractivity (Wildman–Crippen MR) is 71.2 cm³/mol. The molecule has 1 N–H and O–H groups in total. The number of hydrogen-bond donors (Lipinski definition) is 1. The second kappa shape index (κ2) is 5.27. The lowest BCUT2D eigenvalue weighted by atomic mass is 10.1. The first-order chi connectivity index (χ1) is 8.40. The monoisotopic (exact) mass is 335 g/mol. The summed E-state index contributed by atoms with van der Waals surface area (Å²) in [6.07, 6.45) is 2.37. The highest BCUT2D eigenvalue weighted by Gasteiger charge is 2.29. The van der Waals surface area contributed by atoms with Crippen LogP contribution < -0.4 is 4.72 Å². The van der Waals surface area contributed by atoms with E-state index in [9.17, 15) is 12.8 Å². The Bertz CT molecular complexity index is 543. The van der Waals surface area contributed by atoms with E-state index in [1.54, 1.807) is 0 Å². The molecule has 100 valence electrons. The van der Waals surface area contributed by atoms with E-state index in [2.05, 4.69) is 20.7 Å². The molecule has 1 aromatic rings.